The molecule has 1 aliphatic heterocycles. The lowest BCUT2D eigenvalue weighted by Crippen LogP contribution is -2.34. The average Bonchev–Trinajstić information content (AvgIpc) is 4.16. The number of carbonyl (C=O) groups is 1. The standard InChI is InChI=1S/C50H49Cl2N5O8/c1-30-35(28-64-48-15-46(62-27-34-11-37(21-55-20-34)45-23-57-45)38(12-43(48)51)22-56-40(25-59)14-50(60)61)6-4-8-41(30)42-9-5-7-36(31(42)2)29-65-49-16-47(39(24-58)13-44(49)52)63-26-33-10-32(17-53-3)18-54-19-33/h4-13,15-21,40,56,58-59H,14,22-29H2,1-3H3,(H,60,61)/t40-/m1/s1. The second-order valence-corrected chi connectivity index (χ2v) is 16.3. The van der Waals surface area contributed by atoms with E-state index in [0.29, 0.717) is 50.7 Å². The number of ether oxygens (including phenoxy) is 4. The average molecular weight is 919 g/mol. The number of nitrogens with one attached hydrogen (secondary N) is 1. The van der Waals surface area contributed by atoms with Crippen molar-refractivity contribution in [2.75, 3.05) is 20.2 Å². The van der Waals surface area contributed by atoms with Crippen molar-refractivity contribution in [3.8, 4) is 34.1 Å². The molecule has 13 nitrogen and oxygen atoms in total. The van der Waals surface area contributed by atoms with Gasteiger partial charge in [0.25, 0.3) is 0 Å². The SMILES string of the molecule is CN=Cc1cncc(COc2cc(OCc3cccc(-c4cccc(COc5cc(OCc6cncc(C7=NC7)c6)c(CN[C@@H](CO)CC(=O)O)cc5Cl)c4C)c3C)c(Cl)cc2CO)c1. The van der Waals surface area contributed by atoms with Crippen LogP contribution in [0.25, 0.3) is 11.1 Å². The van der Waals surface area contributed by atoms with Gasteiger partial charge in [0.05, 0.1) is 41.9 Å². The maximum atomic E-state index is 11.4. The van der Waals surface area contributed by atoms with Crippen LogP contribution in [-0.4, -0.2) is 69.4 Å². The lowest BCUT2D eigenvalue weighted by atomic mass is 9.92. The second-order valence-electron chi connectivity index (χ2n) is 15.5. The predicted molar refractivity (Wildman–Crippen MR) is 251 cm³/mol. The van der Waals surface area contributed by atoms with E-state index in [-0.39, 0.29) is 52.6 Å². The Morgan fingerprint density at radius 3 is 1.85 bits per heavy atom. The molecule has 7 rings (SSSR count). The number of benzene rings is 4. The molecule has 0 bridgehead atoms. The summed E-state index contributed by atoms with van der Waals surface area (Å²) in [6.45, 7) is 5.25. The van der Waals surface area contributed by atoms with E-state index in [9.17, 15) is 20.1 Å². The zero-order valence-corrected chi connectivity index (χ0v) is 37.7. The minimum absolute atomic E-state index is 0.190. The molecular formula is C50H49Cl2N5O8. The first-order valence-electron chi connectivity index (χ1n) is 20.9. The number of aliphatic hydroxyl groups is 2. The van der Waals surface area contributed by atoms with Gasteiger partial charge in [-0.25, -0.2) is 0 Å². The van der Waals surface area contributed by atoms with Crippen LogP contribution in [0.1, 0.15) is 62.1 Å². The lowest BCUT2D eigenvalue weighted by Gasteiger charge is -2.19. The Bertz CT molecular complexity index is 2730. The molecule has 1 atom stereocenters. The van der Waals surface area contributed by atoms with Crippen molar-refractivity contribution < 1.29 is 39.1 Å². The topological polar surface area (TPSA) is 177 Å². The normalized spacial score (nSPS) is 12.5. The number of rotatable bonds is 22. The zero-order valence-electron chi connectivity index (χ0n) is 36.2. The zero-order chi connectivity index (χ0) is 45.9. The summed E-state index contributed by atoms with van der Waals surface area (Å²) in [5.41, 5.74) is 11.7. The third-order valence-electron chi connectivity index (χ3n) is 10.9. The van der Waals surface area contributed by atoms with Gasteiger partial charge in [-0.1, -0.05) is 59.6 Å². The fourth-order valence-corrected chi connectivity index (χ4v) is 7.70. The molecule has 4 aromatic carbocycles. The molecule has 0 saturated heterocycles. The Kier molecular flexibility index (Phi) is 15.8. The van der Waals surface area contributed by atoms with Crippen LogP contribution in [-0.2, 0) is 44.4 Å². The Labute approximate surface area is 387 Å². The monoisotopic (exact) mass is 917 g/mol. The van der Waals surface area contributed by atoms with Crippen molar-refractivity contribution in [1.29, 1.82) is 0 Å². The molecule has 0 spiro atoms. The molecule has 0 saturated carbocycles. The summed E-state index contributed by atoms with van der Waals surface area (Å²) in [6.07, 6.45) is 8.41. The Hall–Kier alpha value is -6.35. The maximum absolute atomic E-state index is 11.4. The number of aliphatic carboxylic acids is 1. The van der Waals surface area contributed by atoms with E-state index in [1.807, 2.05) is 36.4 Å². The molecular weight excluding hydrogens is 869 g/mol. The van der Waals surface area contributed by atoms with Crippen LogP contribution in [0, 0.1) is 13.8 Å². The van der Waals surface area contributed by atoms with Crippen LogP contribution in [0.5, 0.6) is 23.0 Å². The first-order valence-corrected chi connectivity index (χ1v) is 21.6. The van der Waals surface area contributed by atoms with Crippen molar-refractivity contribution in [2.24, 2.45) is 9.98 Å². The number of aliphatic hydroxyl groups excluding tert-OH is 2. The van der Waals surface area contributed by atoms with Gasteiger partial charge in [-0.05, 0) is 71.5 Å². The molecule has 3 heterocycles. The molecule has 2 aromatic heterocycles. The van der Waals surface area contributed by atoms with E-state index in [4.69, 9.17) is 42.1 Å². The van der Waals surface area contributed by atoms with Crippen molar-refractivity contribution in [3.63, 3.8) is 0 Å². The number of hydrogen-bond donors (Lipinski definition) is 4. The maximum Gasteiger partial charge on any atom is 0.305 e. The molecule has 0 aliphatic carbocycles. The summed E-state index contributed by atoms with van der Waals surface area (Å²) in [4.78, 5) is 28.3. The molecule has 4 N–H and O–H groups in total. The Morgan fingerprint density at radius 1 is 0.738 bits per heavy atom. The number of nitrogens with zero attached hydrogens (tertiary/aromatic N) is 4. The smallest absolute Gasteiger partial charge is 0.305 e. The molecule has 1 aliphatic rings. The van der Waals surface area contributed by atoms with Crippen molar-refractivity contribution in [2.45, 2.75) is 65.9 Å². The lowest BCUT2D eigenvalue weighted by molar-refractivity contribution is -0.137. The highest BCUT2D eigenvalue weighted by Crippen LogP contribution is 2.37. The number of carboxylic acids is 1. The van der Waals surface area contributed by atoms with Gasteiger partial charge in [0.15, 0.2) is 0 Å². The van der Waals surface area contributed by atoms with Gasteiger partial charge in [-0.2, -0.15) is 0 Å². The third-order valence-corrected chi connectivity index (χ3v) is 11.5. The van der Waals surface area contributed by atoms with E-state index >= 15 is 0 Å². The quantitative estimate of drug-likeness (QED) is 0.0480. The van der Waals surface area contributed by atoms with Gasteiger partial charge in [-0.3, -0.25) is 24.7 Å². The van der Waals surface area contributed by atoms with Crippen molar-refractivity contribution in [3.05, 3.63) is 163 Å². The summed E-state index contributed by atoms with van der Waals surface area (Å²) in [6, 6.07) is 22.2. The fourth-order valence-electron chi connectivity index (χ4n) is 7.22. The van der Waals surface area contributed by atoms with Gasteiger partial charge in [-0.15, -0.1) is 0 Å². The summed E-state index contributed by atoms with van der Waals surface area (Å²) in [5.74, 6) is 0.729. The van der Waals surface area contributed by atoms with E-state index in [0.717, 1.165) is 61.3 Å². The molecule has 0 fully saturated rings. The van der Waals surface area contributed by atoms with Crippen molar-refractivity contribution >= 4 is 41.1 Å². The highest BCUT2D eigenvalue weighted by atomic mass is 35.5. The first kappa shape index (κ1) is 46.6. The minimum atomic E-state index is -1.03. The fraction of sp³-hybridized carbons (Fsp3) is 0.260. The molecule has 0 amide bonds. The van der Waals surface area contributed by atoms with Crippen molar-refractivity contribution in [1.82, 2.24) is 15.3 Å². The molecule has 6 aromatic rings. The van der Waals surface area contributed by atoms with Gasteiger partial charge < -0.3 is 39.6 Å². The Balaban J connectivity index is 1.06. The molecule has 0 unspecified atom stereocenters. The third kappa shape index (κ3) is 12.3. The molecule has 336 valence electrons. The van der Waals surface area contributed by atoms with Crippen LogP contribution in [0.2, 0.25) is 10.0 Å². The molecule has 0 radical (unpaired) electrons. The number of pyridine rings is 2. The Morgan fingerprint density at radius 2 is 1.29 bits per heavy atom. The summed E-state index contributed by atoms with van der Waals surface area (Å²) in [7, 11) is 1.70. The molecule has 65 heavy (non-hydrogen) atoms. The first-order chi connectivity index (χ1) is 31.5. The second kappa shape index (κ2) is 22.0. The van der Waals surface area contributed by atoms with E-state index < -0.39 is 12.0 Å². The largest absolute Gasteiger partial charge is 0.488 e. The number of hydrogen-bond acceptors (Lipinski definition) is 12. The number of halogens is 2. The predicted octanol–water partition coefficient (Wildman–Crippen LogP) is 8.65. The van der Waals surface area contributed by atoms with Gasteiger partial charge in [0.2, 0.25) is 0 Å². The van der Waals surface area contributed by atoms with Crippen LogP contribution in [0.15, 0.2) is 108 Å². The highest BCUT2D eigenvalue weighted by molar-refractivity contribution is 6.32. The number of aromatic nitrogens is 2. The van der Waals surface area contributed by atoms with E-state index in [1.54, 1.807) is 62.3 Å². The number of aliphatic imine (C=N–C) groups is 2. The highest BCUT2D eigenvalue weighted by Gasteiger charge is 2.19. The number of carboxylic acid groups (broad SMARTS) is 1. The van der Waals surface area contributed by atoms with Crippen LogP contribution in [0.3, 0.4) is 0 Å². The summed E-state index contributed by atoms with van der Waals surface area (Å²) in [5, 5.41) is 33.0. The summed E-state index contributed by atoms with van der Waals surface area (Å²) >= 11 is 13.5. The minimum Gasteiger partial charge on any atom is -0.488 e. The molecule has 15 heteroatoms. The van der Waals surface area contributed by atoms with Gasteiger partial charge in [0.1, 0.15) is 49.4 Å². The van der Waals surface area contributed by atoms with Gasteiger partial charge in [0, 0.05) is 96.1 Å². The summed E-state index contributed by atoms with van der Waals surface area (Å²) < 4.78 is 25.1. The van der Waals surface area contributed by atoms with E-state index in [2.05, 4.69) is 51.2 Å². The van der Waals surface area contributed by atoms with Crippen LogP contribution < -0.4 is 24.3 Å². The van der Waals surface area contributed by atoms with Crippen LogP contribution in [0.4, 0.5) is 0 Å². The van der Waals surface area contributed by atoms with Gasteiger partial charge >= 0.3 is 5.97 Å². The van der Waals surface area contributed by atoms with Crippen LogP contribution >= 0.6 is 23.2 Å². The van der Waals surface area contributed by atoms with E-state index in [1.165, 1.54) is 0 Å².